The molecule has 0 atom stereocenters. The number of ether oxygens (including phenoxy) is 1. The maximum atomic E-state index is 11.3. The zero-order valence-corrected chi connectivity index (χ0v) is 10.9. The molecule has 0 saturated carbocycles. The number of aryl methyl sites for hydroxylation is 1. The van der Waals surface area contributed by atoms with Gasteiger partial charge in [-0.05, 0) is 43.2 Å². The molecule has 0 radical (unpaired) electrons. The van der Waals surface area contributed by atoms with Gasteiger partial charge in [0, 0.05) is 11.3 Å². The van der Waals surface area contributed by atoms with E-state index in [-0.39, 0.29) is 12.5 Å². The van der Waals surface area contributed by atoms with Crippen molar-refractivity contribution in [2.75, 3.05) is 11.9 Å². The topological polar surface area (TPSA) is 51.2 Å². The summed E-state index contributed by atoms with van der Waals surface area (Å²) in [6, 6.07) is 11.2. The summed E-state index contributed by atoms with van der Waals surface area (Å²) in [6.45, 7) is 1.99. The van der Waals surface area contributed by atoms with Crippen LogP contribution in [0.1, 0.15) is 17.0 Å². The second-order valence-electron chi connectivity index (χ2n) is 4.46. The largest absolute Gasteiger partial charge is 0.482 e. The summed E-state index contributed by atoms with van der Waals surface area (Å²) in [5.74, 6) is 6.56. The lowest BCUT2D eigenvalue weighted by molar-refractivity contribution is -0.118. The third-order valence-corrected chi connectivity index (χ3v) is 2.84. The van der Waals surface area contributed by atoms with E-state index in [1.165, 1.54) is 0 Å². The van der Waals surface area contributed by atoms with Crippen LogP contribution in [-0.2, 0) is 4.79 Å². The lowest BCUT2D eigenvalue weighted by atomic mass is 10.1. The van der Waals surface area contributed by atoms with Crippen LogP contribution in [0.2, 0.25) is 0 Å². The number of carbonyl (C=O) groups is 1. The standard InChI is InChI=1S/C16H12N2O2/c1-11-3-2-4-13(17-11)7-5-12-6-8-15-14(9-12)18-16(19)10-20-15/h2-4,6,8-9H,10H2,1H3,(H,18,19). The van der Waals surface area contributed by atoms with E-state index < -0.39 is 0 Å². The fraction of sp³-hybridized carbons (Fsp3) is 0.125. The molecule has 1 aliphatic rings. The minimum Gasteiger partial charge on any atom is -0.482 e. The number of hydrogen-bond acceptors (Lipinski definition) is 3. The van der Waals surface area contributed by atoms with Crippen molar-refractivity contribution in [3.8, 4) is 17.6 Å². The van der Waals surface area contributed by atoms with Gasteiger partial charge in [-0.25, -0.2) is 4.98 Å². The molecule has 2 aromatic rings. The highest BCUT2D eigenvalue weighted by Crippen LogP contribution is 2.28. The number of aromatic nitrogens is 1. The lowest BCUT2D eigenvalue weighted by Crippen LogP contribution is -2.25. The van der Waals surface area contributed by atoms with E-state index in [4.69, 9.17) is 4.74 Å². The van der Waals surface area contributed by atoms with E-state index in [9.17, 15) is 4.79 Å². The van der Waals surface area contributed by atoms with E-state index in [2.05, 4.69) is 22.1 Å². The summed E-state index contributed by atoms with van der Waals surface area (Å²) >= 11 is 0. The Balaban J connectivity index is 1.89. The van der Waals surface area contributed by atoms with Gasteiger partial charge in [-0.3, -0.25) is 4.79 Å². The van der Waals surface area contributed by atoms with Gasteiger partial charge in [0.15, 0.2) is 6.61 Å². The maximum absolute atomic E-state index is 11.3. The van der Waals surface area contributed by atoms with Crippen LogP contribution in [0.4, 0.5) is 5.69 Å². The average molecular weight is 264 g/mol. The Morgan fingerprint density at radius 2 is 2.15 bits per heavy atom. The number of nitrogens with zero attached hydrogens (tertiary/aromatic N) is 1. The molecular formula is C16H12N2O2. The summed E-state index contributed by atoms with van der Waals surface area (Å²) in [7, 11) is 0. The van der Waals surface area contributed by atoms with E-state index in [1.54, 1.807) is 6.07 Å². The molecule has 1 aromatic heterocycles. The van der Waals surface area contributed by atoms with Crippen LogP contribution >= 0.6 is 0 Å². The molecule has 0 unspecified atom stereocenters. The summed E-state index contributed by atoms with van der Waals surface area (Å²) in [4.78, 5) is 15.6. The lowest BCUT2D eigenvalue weighted by Gasteiger charge is -2.17. The summed E-state index contributed by atoms with van der Waals surface area (Å²) in [5.41, 5.74) is 3.12. The summed E-state index contributed by atoms with van der Waals surface area (Å²) in [6.07, 6.45) is 0. The molecule has 0 fully saturated rings. The molecule has 20 heavy (non-hydrogen) atoms. The molecule has 4 heteroatoms. The van der Waals surface area contributed by atoms with E-state index in [0.29, 0.717) is 11.4 Å². The molecule has 1 aliphatic heterocycles. The second-order valence-corrected chi connectivity index (χ2v) is 4.46. The van der Waals surface area contributed by atoms with Crippen molar-refractivity contribution in [1.82, 2.24) is 4.98 Å². The van der Waals surface area contributed by atoms with Crippen LogP contribution in [0, 0.1) is 18.8 Å². The molecule has 1 aromatic carbocycles. The van der Waals surface area contributed by atoms with E-state index in [1.807, 2.05) is 37.3 Å². The fourth-order valence-corrected chi connectivity index (χ4v) is 1.91. The highest BCUT2D eigenvalue weighted by atomic mass is 16.5. The normalized spacial score (nSPS) is 12.6. The van der Waals surface area contributed by atoms with Gasteiger partial charge in [-0.2, -0.15) is 0 Å². The third kappa shape index (κ3) is 2.62. The highest BCUT2D eigenvalue weighted by Gasteiger charge is 2.15. The summed E-state index contributed by atoms with van der Waals surface area (Å²) in [5, 5.41) is 2.76. The molecule has 0 bridgehead atoms. The molecule has 4 nitrogen and oxygen atoms in total. The minimum absolute atomic E-state index is 0.0608. The van der Waals surface area contributed by atoms with E-state index >= 15 is 0 Å². The van der Waals surface area contributed by atoms with E-state index in [0.717, 1.165) is 17.0 Å². The van der Waals surface area contributed by atoms with Crippen LogP contribution < -0.4 is 10.1 Å². The Bertz CT molecular complexity index is 742. The molecule has 98 valence electrons. The molecule has 0 aliphatic carbocycles. The van der Waals surface area contributed by atoms with Gasteiger partial charge in [0.25, 0.3) is 5.91 Å². The number of hydrogen-bond donors (Lipinski definition) is 1. The van der Waals surface area contributed by atoms with Crippen molar-refractivity contribution >= 4 is 11.6 Å². The van der Waals surface area contributed by atoms with Crippen molar-refractivity contribution in [3.63, 3.8) is 0 Å². The number of rotatable bonds is 0. The third-order valence-electron chi connectivity index (χ3n) is 2.84. The Morgan fingerprint density at radius 3 is 3.00 bits per heavy atom. The monoisotopic (exact) mass is 264 g/mol. The number of carbonyl (C=O) groups excluding carboxylic acids is 1. The van der Waals surface area contributed by atoms with Crippen LogP contribution in [0.25, 0.3) is 0 Å². The zero-order chi connectivity index (χ0) is 13.9. The number of nitrogens with one attached hydrogen (secondary N) is 1. The fourth-order valence-electron chi connectivity index (χ4n) is 1.91. The van der Waals surface area contributed by atoms with Crippen molar-refractivity contribution in [1.29, 1.82) is 0 Å². The first-order valence-electron chi connectivity index (χ1n) is 6.23. The number of amides is 1. The van der Waals surface area contributed by atoms with Crippen molar-refractivity contribution in [3.05, 3.63) is 53.3 Å². The number of pyridine rings is 1. The van der Waals surface area contributed by atoms with Gasteiger partial charge in [-0.15, -0.1) is 0 Å². The molecule has 2 heterocycles. The Hall–Kier alpha value is -2.80. The average Bonchev–Trinajstić information content (AvgIpc) is 2.45. The van der Waals surface area contributed by atoms with Gasteiger partial charge in [0.1, 0.15) is 11.4 Å². The number of benzene rings is 1. The zero-order valence-electron chi connectivity index (χ0n) is 10.9. The smallest absolute Gasteiger partial charge is 0.262 e. The molecule has 3 rings (SSSR count). The molecule has 0 spiro atoms. The van der Waals surface area contributed by atoms with Crippen LogP contribution in [0.3, 0.4) is 0 Å². The number of fused-ring (bicyclic) bond motifs is 1. The van der Waals surface area contributed by atoms with Gasteiger partial charge in [-0.1, -0.05) is 12.0 Å². The van der Waals surface area contributed by atoms with Gasteiger partial charge < -0.3 is 10.1 Å². The molecule has 0 saturated heterocycles. The predicted molar refractivity (Wildman–Crippen MR) is 75.5 cm³/mol. The maximum Gasteiger partial charge on any atom is 0.262 e. The first-order valence-corrected chi connectivity index (χ1v) is 6.23. The van der Waals surface area contributed by atoms with Crippen LogP contribution in [-0.4, -0.2) is 17.5 Å². The molecular weight excluding hydrogens is 252 g/mol. The first-order chi connectivity index (χ1) is 9.70. The SMILES string of the molecule is Cc1cccc(C#Cc2ccc3c(c2)NC(=O)CO3)n1. The van der Waals surface area contributed by atoms with Crippen molar-refractivity contribution < 1.29 is 9.53 Å². The Labute approximate surface area is 116 Å². The quantitative estimate of drug-likeness (QED) is 0.741. The summed E-state index contributed by atoms with van der Waals surface area (Å²) < 4.78 is 5.30. The van der Waals surface area contributed by atoms with Gasteiger partial charge >= 0.3 is 0 Å². The Morgan fingerprint density at radius 1 is 1.25 bits per heavy atom. The van der Waals surface area contributed by atoms with Gasteiger partial charge in [0.05, 0.1) is 5.69 Å². The van der Waals surface area contributed by atoms with Crippen molar-refractivity contribution in [2.45, 2.75) is 6.92 Å². The minimum atomic E-state index is -0.150. The first kappa shape index (κ1) is 12.2. The predicted octanol–water partition coefficient (Wildman–Crippen LogP) is 2.12. The number of anilines is 1. The highest BCUT2D eigenvalue weighted by molar-refractivity contribution is 5.95. The van der Waals surface area contributed by atoms with Crippen molar-refractivity contribution in [2.24, 2.45) is 0 Å². The van der Waals surface area contributed by atoms with Gasteiger partial charge in [0.2, 0.25) is 0 Å². The van der Waals surface area contributed by atoms with Crippen LogP contribution in [0.5, 0.6) is 5.75 Å². The molecule has 1 N–H and O–H groups in total. The van der Waals surface area contributed by atoms with Crippen LogP contribution in [0.15, 0.2) is 36.4 Å². The molecule has 1 amide bonds. The Kier molecular flexibility index (Phi) is 3.10. The second kappa shape index (κ2) is 5.06.